The maximum atomic E-state index is 12.2. The van der Waals surface area contributed by atoms with Crippen LogP contribution in [0.2, 0.25) is 0 Å². The Kier molecular flexibility index (Phi) is 4.17. The highest BCUT2D eigenvalue weighted by atomic mass is 16.5. The highest BCUT2D eigenvalue weighted by molar-refractivity contribution is 5.74. The molecule has 0 unspecified atom stereocenters. The summed E-state index contributed by atoms with van der Waals surface area (Å²) < 4.78 is 11.1. The van der Waals surface area contributed by atoms with E-state index < -0.39 is 0 Å². The number of urea groups is 1. The van der Waals surface area contributed by atoms with Gasteiger partial charge in [-0.15, -0.1) is 0 Å². The van der Waals surface area contributed by atoms with E-state index in [2.05, 4.69) is 30.5 Å². The van der Waals surface area contributed by atoms with Gasteiger partial charge in [-0.2, -0.15) is 0 Å². The molecule has 3 rings (SSSR count). The number of carbonyl (C=O) groups excluding carboxylic acids is 1. The van der Waals surface area contributed by atoms with Crippen LogP contribution in [0.1, 0.15) is 49.8 Å². The molecule has 0 bridgehead atoms. The molecule has 22 heavy (non-hydrogen) atoms. The molecule has 1 aliphatic heterocycles. The number of nitrogens with one attached hydrogen (secondary N) is 2. The molecule has 1 aliphatic carbocycles. The number of carbonyl (C=O) groups is 1. The summed E-state index contributed by atoms with van der Waals surface area (Å²) in [7, 11) is 0. The highest BCUT2D eigenvalue weighted by Gasteiger charge is 2.35. The monoisotopic (exact) mass is 306 g/mol. The van der Waals surface area contributed by atoms with Crippen molar-refractivity contribution in [3.63, 3.8) is 0 Å². The molecule has 5 heteroatoms. The van der Waals surface area contributed by atoms with E-state index in [9.17, 15) is 4.79 Å². The molecule has 2 atom stereocenters. The third-order valence-corrected chi connectivity index (χ3v) is 4.62. The molecule has 1 fully saturated rings. The van der Waals surface area contributed by atoms with Crippen LogP contribution in [0.3, 0.4) is 0 Å². The summed E-state index contributed by atoms with van der Waals surface area (Å²) in [4.78, 5) is 12.2. The van der Waals surface area contributed by atoms with Crippen LogP contribution in [0.25, 0.3) is 0 Å². The Balaban J connectivity index is 1.62. The zero-order valence-corrected chi connectivity index (χ0v) is 13.7. The van der Waals surface area contributed by atoms with E-state index in [0.717, 1.165) is 49.6 Å². The number of amides is 2. The molecule has 2 heterocycles. The summed E-state index contributed by atoms with van der Waals surface area (Å²) in [6.07, 6.45) is 2.89. The number of aryl methyl sites for hydroxylation is 1. The Bertz CT molecular complexity index is 544. The Morgan fingerprint density at radius 2 is 2.27 bits per heavy atom. The topological polar surface area (TPSA) is 63.5 Å². The van der Waals surface area contributed by atoms with Gasteiger partial charge in [-0.05, 0) is 31.2 Å². The Morgan fingerprint density at radius 1 is 1.45 bits per heavy atom. The fourth-order valence-electron chi connectivity index (χ4n) is 3.50. The number of furan rings is 1. The zero-order valence-electron chi connectivity index (χ0n) is 13.7. The van der Waals surface area contributed by atoms with Crippen molar-refractivity contribution < 1.29 is 13.9 Å². The van der Waals surface area contributed by atoms with E-state index in [-0.39, 0.29) is 17.5 Å². The summed E-state index contributed by atoms with van der Waals surface area (Å²) >= 11 is 0. The van der Waals surface area contributed by atoms with Crippen LogP contribution in [0.4, 0.5) is 4.79 Å². The third kappa shape index (κ3) is 3.46. The Labute approximate surface area is 131 Å². The Hall–Kier alpha value is -1.49. The standard InChI is InChI=1S/C17H26N2O3/c1-11-6-13-14(7-17(2,3)8-15(13)22-11)19-16(20)18-9-12-4-5-21-10-12/h6,12,14H,4-5,7-10H2,1-3H3,(H2,18,19,20)/t12-,14+/m0/s1. The van der Waals surface area contributed by atoms with Gasteiger partial charge >= 0.3 is 6.03 Å². The fourth-order valence-corrected chi connectivity index (χ4v) is 3.50. The van der Waals surface area contributed by atoms with Crippen molar-refractivity contribution in [1.82, 2.24) is 10.6 Å². The van der Waals surface area contributed by atoms with Crippen molar-refractivity contribution >= 4 is 6.03 Å². The maximum absolute atomic E-state index is 12.2. The molecule has 5 nitrogen and oxygen atoms in total. The zero-order chi connectivity index (χ0) is 15.7. The fraction of sp³-hybridized carbons (Fsp3) is 0.706. The number of hydrogen-bond donors (Lipinski definition) is 2. The number of fused-ring (bicyclic) bond motifs is 1. The second kappa shape index (κ2) is 5.95. The number of ether oxygens (including phenoxy) is 1. The average Bonchev–Trinajstić information content (AvgIpc) is 3.04. The lowest BCUT2D eigenvalue weighted by molar-refractivity contribution is 0.184. The van der Waals surface area contributed by atoms with Crippen LogP contribution in [0.5, 0.6) is 0 Å². The van der Waals surface area contributed by atoms with Gasteiger partial charge in [0.15, 0.2) is 0 Å². The second-order valence-electron chi connectivity index (χ2n) is 7.42. The van der Waals surface area contributed by atoms with Crippen molar-refractivity contribution in [1.29, 1.82) is 0 Å². The summed E-state index contributed by atoms with van der Waals surface area (Å²) in [6, 6.07) is 1.98. The molecule has 2 amide bonds. The summed E-state index contributed by atoms with van der Waals surface area (Å²) in [5.41, 5.74) is 1.27. The van der Waals surface area contributed by atoms with E-state index in [1.165, 1.54) is 0 Å². The van der Waals surface area contributed by atoms with Crippen molar-refractivity contribution in [2.24, 2.45) is 11.3 Å². The SMILES string of the molecule is Cc1cc2c(o1)CC(C)(C)C[C@H]2NC(=O)NC[C@@H]1CCOC1. The van der Waals surface area contributed by atoms with Gasteiger partial charge in [0.1, 0.15) is 11.5 Å². The van der Waals surface area contributed by atoms with E-state index in [4.69, 9.17) is 9.15 Å². The van der Waals surface area contributed by atoms with Gasteiger partial charge < -0.3 is 19.8 Å². The van der Waals surface area contributed by atoms with Gasteiger partial charge in [-0.1, -0.05) is 13.8 Å². The molecule has 2 N–H and O–H groups in total. The first-order valence-corrected chi connectivity index (χ1v) is 8.14. The van der Waals surface area contributed by atoms with Crippen molar-refractivity contribution in [3.05, 3.63) is 23.2 Å². The van der Waals surface area contributed by atoms with Crippen LogP contribution in [-0.4, -0.2) is 25.8 Å². The lowest BCUT2D eigenvalue weighted by Crippen LogP contribution is -2.43. The maximum Gasteiger partial charge on any atom is 0.315 e. The van der Waals surface area contributed by atoms with E-state index in [0.29, 0.717) is 12.5 Å². The molecule has 0 saturated carbocycles. The molecule has 0 aromatic carbocycles. The first-order valence-electron chi connectivity index (χ1n) is 8.14. The summed E-state index contributed by atoms with van der Waals surface area (Å²) in [6.45, 7) is 8.64. The molecule has 122 valence electrons. The predicted octanol–water partition coefficient (Wildman–Crippen LogP) is 2.94. The van der Waals surface area contributed by atoms with Gasteiger partial charge in [-0.3, -0.25) is 0 Å². The number of rotatable bonds is 3. The van der Waals surface area contributed by atoms with E-state index in [1.54, 1.807) is 0 Å². The summed E-state index contributed by atoms with van der Waals surface area (Å²) in [5, 5.41) is 6.09. The van der Waals surface area contributed by atoms with Crippen LogP contribution < -0.4 is 10.6 Å². The second-order valence-corrected chi connectivity index (χ2v) is 7.42. The molecular formula is C17H26N2O3. The van der Waals surface area contributed by atoms with Crippen LogP contribution in [0, 0.1) is 18.3 Å². The summed E-state index contributed by atoms with van der Waals surface area (Å²) in [5.74, 6) is 2.38. The van der Waals surface area contributed by atoms with Crippen LogP contribution in [0.15, 0.2) is 10.5 Å². The van der Waals surface area contributed by atoms with Gasteiger partial charge in [0.2, 0.25) is 0 Å². The van der Waals surface area contributed by atoms with E-state index >= 15 is 0 Å². The van der Waals surface area contributed by atoms with Gasteiger partial charge in [-0.25, -0.2) is 4.79 Å². The normalized spacial score (nSPS) is 26.5. The minimum Gasteiger partial charge on any atom is -0.466 e. The average molecular weight is 306 g/mol. The first-order chi connectivity index (χ1) is 10.4. The molecular weight excluding hydrogens is 280 g/mol. The minimum atomic E-state index is -0.0978. The first kappa shape index (κ1) is 15.4. The Morgan fingerprint density at radius 3 is 3.00 bits per heavy atom. The molecule has 2 aliphatic rings. The number of hydrogen-bond acceptors (Lipinski definition) is 3. The van der Waals surface area contributed by atoms with Crippen LogP contribution >= 0.6 is 0 Å². The van der Waals surface area contributed by atoms with Gasteiger partial charge in [0.05, 0.1) is 12.6 Å². The van der Waals surface area contributed by atoms with Gasteiger partial charge in [0, 0.05) is 31.1 Å². The van der Waals surface area contributed by atoms with Crippen molar-refractivity contribution in [3.8, 4) is 0 Å². The molecule has 1 aromatic heterocycles. The lowest BCUT2D eigenvalue weighted by Gasteiger charge is -2.34. The predicted molar refractivity (Wildman–Crippen MR) is 83.7 cm³/mol. The third-order valence-electron chi connectivity index (χ3n) is 4.62. The van der Waals surface area contributed by atoms with Crippen molar-refractivity contribution in [2.75, 3.05) is 19.8 Å². The van der Waals surface area contributed by atoms with Crippen LogP contribution in [-0.2, 0) is 11.2 Å². The molecule has 0 radical (unpaired) electrons. The lowest BCUT2D eigenvalue weighted by atomic mass is 9.75. The van der Waals surface area contributed by atoms with Crippen molar-refractivity contribution in [2.45, 2.75) is 46.1 Å². The largest absolute Gasteiger partial charge is 0.466 e. The quantitative estimate of drug-likeness (QED) is 0.902. The molecule has 0 spiro atoms. The minimum absolute atomic E-state index is 0.0241. The molecule has 1 aromatic rings. The highest BCUT2D eigenvalue weighted by Crippen LogP contribution is 2.41. The van der Waals surface area contributed by atoms with Gasteiger partial charge in [0.25, 0.3) is 0 Å². The van der Waals surface area contributed by atoms with E-state index in [1.807, 2.05) is 6.92 Å². The smallest absolute Gasteiger partial charge is 0.315 e. The molecule has 1 saturated heterocycles.